The first-order chi connectivity index (χ1) is 9.98. The second-order valence-electron chi connectivity index (χ2n) is 5.46. The summed E-state index contributed by atoms with van der Waals surface area (Å²) >= 11 is 0. The zero-order chi connectivity index (χ0) is 15.0. The van der Waals surface area contributed by atoms with Gasteiger partial charge in [-0.1, -0.05) is 6.42 Å². The number of nitrogens with one attached hydrogen (secondary N) is 1. The van der Waals surface area contributed by atoms with Crippen LogP contribution in [0.15, 0.2) is 23.1 Å². The number of benzene rings is 1. The van der Waals surface area contributed by atoms with Crippen LogP contribution in [-0.4, -0.2) is 37.8 Å². The minimum atomic E-state index is -3.52. The summed E-state index contributed by atoms with van der Waals surface area (Å²) in [5, 5.41) is 2.65. The summed E-state index contributed by atoms with van der Waals surface area (Å²) < 4.78 is 32.3. The lowest BCUT2D eigenvalue weighted by Gasteiger charge is -2.32. The fourth-order valence-electron chi connectivity index (χ4n) is 2.78. The Balaban J connectivity index is 1.94. The summed E-state index contributed by atoms with van der Waals surface area (Å²) in [5.74, 6) is 0.170. The second kappa shape index (κ2) is 5.31. The summed E-state index contributed by atoms with van der Waals surface area (Å²) in [7, 11) is -3.52. The molecule has 1 amide bonds. The van der Waals surface area contributed by atoms with E-state index in [0.29, 0.717) is 18.0 Å². The monoisotopic (exact) mass is 310 g/mol. The highest BCUT2D eigenvalue weighted by Gasteiger charge is 2.31. The molecular formula is C14H18N2O4S. The molecule has 0 aliphatic carbocycles. The molecule has 2 aliphatic rings. The first-order valence-electron chi connectivity index (χ1n) is 7.07. The van der Waals surface area contributed by atoms with Gasteiger partial charge in [-0.15, -0.1) is 0 Å². The molecule has 0 spiro atoms. The molecule has 2 aliphatic heterocycles. The summed E-state index contributed by atoms with van der Waals surface area (Å²) in [4.78, 5) is 11.4. The summed E-state index contributed by atoms with van der Waals surface area (Å²) in [6.07, 6.45) is 2.84. The highest BCUT2D eigenvalue weighted by atomic mass is 32.2. The van der Waals surface area contributed by atoms with Crippen molar-refractivity contribution < 1.29 is 17.9 Å². The quantitative estimate of drug-likeness (QED) is 0.900. The topological polar surface area (TPSA) is 75.7 Å². The van der Waals surface area contributed by atoms with Gasteiger partial charge < -0.3 is 10.1 Å². The van der Waals surface area contributed by atoms with E-state index in [1.807, 2.05) is 6.92 Å². The standard InChI is InChI=1S/C14H18N2O4S/c1-10-4-2-3-7-16(10)21(18,19)11-5-6-12-13(8-11)20-9-14(17)15-12/h5-6,8,10H,2-4,7,9H2,1H3,(H,15,17). The van der Waals surface area contributed by atoms with Crippen LogP contribution in [0.25, 0.3) is 0 Å². The van der Waals surface area contributed by atoms with Gasteiger partial charge in [0, 0.05) is 18.7 Å². The van der Waals surface area contributed by atoms with E-state index < -0.39 is 10.0 Å². The van der Waals surface area contributed by atoms with Crippen LogP contribution in [-0.2, 0) is 14.8 Å². The lowest BCUT2D eigenvalue weighted by molar-refractivity contribution is -0.118. The van der Waals surface area contributed by atoms with E-state index in [4.69, 9.17) is 4.74 Å². The third kappa shape index (κ3) is 2.63. The molecule has 7 heteroatoms. The third-order valence-corrected chi connectivity index (χ3v) is 5.94. The molecule has 6 nitrogen and oxygen atoms in total. The molecule has 1 atom stereocenters. The lowest BCUT2D eigenvalue weighted by atomic mass is 10.1. The molecular weight excluding hydrogens is 292 g/mol. The Morgan fingerprint density at radius 3 is 2.90 bits per heavy atom. The molecule has 1 unspecified atom stereocenters. The minimum absolute atomic E-state index is 0.0143. The van der Waals surface area contributed by atoms with Crippen LogP contribution < -0.4 is 10.1 Å². The SMILES string of the molecule is CC1CCCCN1S(=O)(=O)c1ccc2c(c1)OCC(=O)N2. The Kier molecular flexibility index (Phi) is 3.62. The molecule has 1 aromatic carbocycles. The number of fused-ring (bicyclic) bond motifs is 1. The number of hydrogen-bond donors (Lipinski definition) is 1. The average Bonchev–Trinajstić information content (AvgIpc) is 2.47. The van der Waals surface area contributed by atoms with Gasteiger partial charge in [-0.3, -0.25) is 4.79 Å². The van der Waals surface area contributed by atoms with Crippen molar-refractivity contribution in [3.8, 4) is 5.75 Å². The number of ether oxygens (including phenoxy) is 1. The molecule has 1 aromatic rings. The zero-order valence-electron chi connectivity index (χ0n) is 11.8. The van der Waals surface area contributed by atoms with Crippen molar-refractivity contribution in [1.29, 1.82) is 0 Å². The highest BCUT2D eigenvalue weighted by Crippen LogP contribution is 2.32. The van der Waals surface area contributed by atoms with Gasteiger partial charge in [0.2, 0.25) is 10.0 Å². The maximum absolute atomic E-state index is 12.7. The van der Waals surface area contributed by atoms with E-state index in [2.05, 4.69) is 5.32 Å². The number of carbonyl (C=O) groups excluding carboxylic acids is 1. The number of rotatable bonds is 2. The van der Waals surface area contributed by atoms with Crippen LogP contribution in [0.4, 0.5) is 5.69 Å². The number of nitrogens with zero attached hydrogens (tertiary/aromatic N) is 1. The number of hydrogen-bond acceptors (Lipinski definition) is 4. The van der Waals surface area contributed by atoms with Crippen molar-refractivity contribution in [3.63, 3.8) is 0 Å². The summed E-state index contributed by atoms with van der Waals surface area (Å²) in [5.41, 5.74) is 0.511. The van der Waals surface area contributed by atoms with E-state index in [-0.39, 0.29) is 23.5 Å². The van der Waals surface area contributed by atoms with Crippen LogP contribution in [0.1, 0.15) is 26.2 Å². The Morgan fingerprint density at radius 1 is 1.33 bits per heavy atom. The Labute approximate surface area is 124 Å². The van der Waals surface area contributed by atoms with E-state index in [1.165, 1.54) is 12.1 Å². The zero-order valence-corrected chi connectivity index (χ0v) is 12.6. The van der Waals surface area contributed by atoms with Gasteiger partial charge >= 0.3 is 0 Å². The van der Waals surface area contributed by atoms with Crippen LogP contribution in [0.3, 0.4) is 0 Å². The number of sulfonamides is 1. The number of amides is 1. The van der Waals surface area contributed by atoms with E-state index >= 15 is 0 Å². The highest BCUT2D eigenvalue weighted by molar-refractivity contribution is 7.89. The minimum Gasteiger partial charge on any atom is -0.482 e. The molecule has 2 heterocycles. The van der Waals surface area contributed by atoms with Crippen molar-refractivity contribution >= 4 is 21.6 Å². The first kappa shape index (κ1) is 14.3. The Hall–Kier alpha value is -1.60. The predicted octanol–water partition coefficient (Wildman–Crippen LogP) is 1.58. The van der Waals surface area contributed by atoms with Gasteiger partial charge in [0.15, 0.2) is 6.61 Å². The summed E-state index contributed by atoms with van der Waals surface area (Å²) in [6, 6.07) is 4.60. The fraction of sp³-hybridized carbons (Fsp3) is 0.500. The third-order valence-electron chi connectivity index (χ3n) is 3.93. The van der Waals surface area contributed by atoms with Gasteiger partial charge in [0.1, 0.15) is 5.75 Å². The molecule has 114 valence electrons. The Morgan fingerprint density at radius 2 is 2.14 bits per heavy atom. The smallest absolute Gasteiger partial charge is 0.262 e. The number of carbonyl (C=O) groups is 1. The largest absolute Gasteiger partial charge is 0.482 e. The van der Waals surface area contributed by atoms with Crippen LogP contribution >= 0.6 is 0 Å². The van der Waals surface area contributed by atoms with E-state index in [1.54, 1.807) is 10.4 Å². The maximum Gasteiger partial charge on any atom is 0.262 e. The van der Waals surface area contributed by atoms with Gasteiger partial charge in [-0.05, 0) is 31.9 Å². The Bertz CT molecular complexity index is 672. The molecule has 1 saturated heterocycles. The molecule has 0 aromatic heterocycles. The molecule has 0 bridgehead atoms. The van der Waals surface area contributed by atoms with Gasteiger partial charge in [-0.25, -0.2) is 8.42 Å². The van der Waals surface area contributed by atoms with Crippen molar-refractivity contribution in [2.45, 2.75) is 37.1 Å². The number of piperidine rings is 1. The van der Waals surface area contributed by atoms with Crippen LogP contribution in [0.5, 0.6) is 5.75 Å². The molecule has 0 radical (unpaired) electrons. The molecule has 3 rings (SSSR count). The van der Waals surface area contributed by atoms with Crippen molar-refractivity contribution in [3.05, 3.63) is 18.2 Å². The van der Waals surface area contributed by atoms with Gasteiger partial charge in [0.05, 0.1) is 10.6 Å². The first-order valence-corrected chi connectivity index (χ1v) is 8.51. The van der Waals surface area contributed by atoms with E-state index in [9.17, 15) is 13.2 Å². The lowest BCUT2D eigenvalue weighted by Crippen LogP contribution is -2.41. The van der Waals surface area contributed by atoms with Gasteiger partial charge in [-0.2, -0.15) is 4.31 Å². The van der Waals surface area contributed by atoms with Crippen molar-refractivity contribution in [2.75, 3.05) is 18.5 Å². The second-order valence-corrected chi connectivity index (χ2v) is 7.35. The van der Waals surface area contributed by atoms with Crippen LogP contribution in [0, 0.1) is 0 Å². The molecule has 21 heavy (non-hydrogen) atoms. The van der Waals surface area contributed by atoms with Crippen molar-refractivity contribution in [1.82, 2.24) is 4.31 Å². The molecule has 0 saturated carbocycles. The maximum atomic E-state index is 12.7. The van der Waals surface area contributed by atoms with Crippen LogP contribution in [0.2, 0.25) is 0 Å². The average molecular weight is 310 g/mol. The van der Waals surface area contributed by atoms with Gasteiger partial charge in [0.25, 0.3) is 5.91 Å². The number of anilines is 1. The fourth-order valence-corrected chi connectivity index (χ4v) is 4.50. The summed E-state index contributed by atoms with van der Waals surface area (Å²) in [6.45, 7) is 2.40. The molecule has 1 N–H and O–H groups in total. The predicted molar refractivity (Wildman–Crippen MR) is 77.8 cm³/mol. The molecule has 1 fully saturated rings. The normalized spacial score (nSPS) is 23.1. The van der Waals surface area contributed by atoms with E-state index in [0.717, 1.165) is 19.3 Å². The van der Waals surface area contributed by atoms with Crippen molar-refractivity contribution in [2.24, 2.45) is 0 Å².